The minimum absolute atomic E-state index is 0.0139. The first-order valence-electron chi connectivity index (χ1n) is 3.22. The Hall–Kier alpha value is -0.300. The van der Waals surface area contributed by atoms with E-state index in [9.17, 15) is 5.11 Å². The van der Waals surface area contributed by atoms with Crippen molar-refractivity contribution in [3.8, 4) is 0 Å². The van der Waals surface area contributed by atoms with Gasteiger partial charge in [0.15, 0.2) is 0 Å². The lowest BCUT2D eigenvalue weighted by atomic mass is 9.67. The van der Waals surface area contributed by atoms with Gasteiger partial charge in [-0.25, -0.2) is 0 Å². The van der Waals surface area contributed by atoms with Crippen molar-refractivity contribution in [2.24, 2.45) is 11.8 Å². The van der Waals surface area contributed by atoms with E-state index in [4.69, 9.17) is 0 Å². The maximum Gasteiger partial charge on any atom is 0.0634 e. The summed E-state index contributed by atoms with van der Waals surface area (Å²) in [6.45, 7) is 0. The van der Waals surface area contributed by atoms with Crippen molar-refractivity contribution in [1.29, 1.82) is 0 Å². The summed E-state index contributed by atoms with van der Waals surface area (Å²) in [6, 6.07) is 0. The Kier molecular flexibility index (Phi) is 0.770. The van der Waals surface area contributed by atoms with Gasteiger partial charge in [0, 0.05) is 5.92 Å². The summed E-state index contributed by atoms with van der Waals surface area (Å²) in [6.07, 6.45) is 6.69. The topological polar surface area (TPSA) is 20.2 Å². The van der Waals surface area contributed by atoms with E-state index in [0.717, 1.165) is 6.42 Å². The van der Waals surface area contributed by atoms with Crippen LogP contribution in [0.2, 0.25) is 0 Å². The Morgan fingerprint density at radius 2 is 2.38 bits per heavy atom. The van der Waals surface area contributed by atoms with E-state index in [1.807, 2.05) is 0 Å². The largest absolute Gasteiger partial charge is 0.392 e. The fourth-order valence-corrected chi connectivity index (χ4v) is 1.64. The van der Waals surface area contributed by atoms with Crippen molar-refractivity contribution in [3.05, 3.63) is 12.2 Å². The number of hydrogen-bond donors (Lipinski definition) is 1. The molecule has 0 aromatic heterocycles. The molecule has 3 aliphatic rings. The van der Waals surface area contributed by atoms with Crippen molar-refractivity contribution < 1.29 is 5.11 Å². The first-order valence-corrected chi connectivity index (χ1v) is 3.22. The molecule has 0 heterocycles. The molecule has 0 amide bonds. The summed E-state index contributed by atoms with van der Waals surface area (Å²) in [5, 5.41) is 9.18. The number of hydrogen-bond acceptors (Lipinski definition) is 1. The Balaban J connectivity index is 2.18. The van der Waals surface area contributed by atoms with Gasteiger partial charge in [0.2, 0.25) is 0 Å². The molecular formula is C7H10O. The Morgan fingerprint density at radius 1 is 1.50 bits per heavy atom. The number of aliphatic hydroxyl groups excluding tert-OH is 1. The maximum atomic E-state index is 9.18. The number of aliphatic hydroxyl groups is 1. The number of rotatable bonds is 0. The zero-order valence-electron chi connectivity index (χ0n) is 4.75. The molecule has 0 aliphatic heterocycles. The lowest BCUT2D eigenvalue weighted by Crippen LogP contribution is -2.42. The van der Waals surface area contributed by atoms with E-state index in [0.29, 0.717) is 11.8 Å². The minimum Gasteiger partial charge on any atom is -0.392 e. The van der Waals surface area contributed by atoms with Crippen LogP contribution in [0.4, 0.5) is 0 Å². The van der Waals surface area contributed by atoms with Gasteiger partial charge in [0.1, 0.15) is 0 Å². The predicted octanol–water partition coefficient (Wildman–Crippen LogP) is 0.943. The third-order valence-corrected chi connectivity index (χ3v) is 2.32. The van der Waals surface area contributed by atoms with Crippen LogP contribution in [-0.4, -0.2) is 11.2 Å². The zero-order valence-corrected chi connectivity index (χ0v) is 4.75. The van der Waals surface area contributed by atoms with Crippen LogP contribution in [0.1, 0.15) is 12.8 Å². The average Bonchev–Trinajstić information content (AvgIpc) is 1.89. The molecule has 1 N–H and O–H groups in total. The summed E-state index contributed by atoms with van der Waals surface area (Å²) in [5.41, 5.74) is 0. The average molecular weight is 110 g/mol. The Labute approximate surface area is 49.0 Å². The van der Waals surface area contributed by atoms with Crippen molar-refractivity contribution in [3.63, 3.8) is 0 Å². The van der Waals surface area contributed by atoms with Crippen LogP contribution in [-0.2, 0) is 0 Å². The molecule has 2 bridgehead atoms. The molecule has 3 rings (SSSR count). The molecule has 3 aliphatic carbocycles. The maximum absolute atomic E-state index is 9.18. The molecule has 1 fully saturated rings. The van der Waals surface area contributed by atoms with Crippen LogP contribution in [0.5, 0.6) is 0 Å². The van der Waals surface area contributed by atoms with Crippen LogP contribution in [0.25, 0.3) is 0 Å². The molecule has 0 spiro atoms. The van der Waals surface area contributed by atoms with Gasteiger partial charge in [-0.15, -0.1) is 0 Å². The highest BCUT2D eigenvalue weighted by molar-refractivity contribution is 5.09. The van der Waals surface area contributed by atoms with Crippen LogP contribution in [0.3, 0.4) is 0 Å². The molecule has 3 atom stereocenters. The fourth-order valence-electron chi connectivity index (χ4n) is 1.64. The highest BCUT2D eigenvalue weighted by atomic mass is 16.3. The van der Waals surface area contributed by atoms with Crippen LogP contribution in [0.15, 0.2) is 12.2 Å². The van der Waals surface area contributed by atoms with E-state index >= 15 is 0 Å². The second-order valence-electron chi connectivity index (χ2n) is 2.81. The fraction of sp³-hybridized carbons (Fsp3) is 0.714. The molecule has 8 heavy (non-hydrogen) atoms. The summed E-state index contributed by atoms with van der Waals surface area (Å²) < 4.78 is 0. The number of fused-ring (bicyclic) bond motifs is 1. The molecule has 44 valence electrons. The van der Waals surface area contributed by atoms with E-state index in [1.54, 1.807) is 0 Å². The lowest BCUT2D eigenvalue weighted by molar-refractivity contribution is -0.0243. The number of allylic oxidation sites excluding steroid dienone is 1. The smallest absolute Gasteiger partial charge is 0.0634 e. The van der Waals surface area contributed by atoms with Crippen molar-refractivity contribution >= 4 is 0 Å². The van der Waals surface area contributed by atoms with E-state index < -0.39 is 0 Å². The molecular weight excluding hydrogens is 100 g/mol. The van der Waals surface area contributed by atoms with Gasteiger partial charge in [-0.2, -0.15) is 0 Å². The lowest BCUT2D eigenvalue weighted by Gasteiger charge is -2.42. The highest BCUT2D eigenvalue weighted by Gasteiger charge is 2.39. The van der Waals surface area contributed by atoms with Gasteiger partial charge < -0.3 is 5.11 Å². The van der Waals surface area contributed by atoms with E-state index in [1.165, 1.54) is 6.42 Å². The van der Waals surface area contributed by atoms with Gasteiger partial charge in [0.05, 0.1) is 6.10 Å². The van der Waals surface area contributed by atoms with Crippen LogP contribution >= 0.6 is 0 Å². The summed E-state index contributed by atoms with van der Waals surface area (Å²) in [7, 11) is 0. The van der Waals surface area contributed by atoms with Crippen molar-refractivity contribution in [2.45, 2.75) is 18.9 Å². The minimum atomic E-state index is 0.0139. The molecule has 0 radical (unpaired) electrons. The van der Waals surface area contributed by atoms with Crippen molar-refractivity contribution in [2.75, 3.05) is 0 Å². The molecule has 0 aromatic carbocycles. The Morgan fingerprint density at radius 3 is 2.62 bits per heavy atom. The standard InChI is InChI=1S/C7H10O/c8-7-5-2-1-3-6(7)4-5/h1-2,5-8H,3-4H2/t5-,6+,7+/m0/s1. The third kappa shape index (κ3) is 0.402. The third-order valence-electron chi connectivity index (χ3n) is 2.32. The van der Waals surface area contributed by atoms with Gasteiger partial charge in [-0.3, -0.25) is 0 Å². The quantitative estimate of drug-likeness (QED) is 0.460. The van der Waals surface area contributed by atoms with Crippen molar-refractivity contribution in [1.82, 2.24) is 0 Å². The van der Waals surface area contributed by atoms with Gasteiger partial charge >= 0.3 is 0 Å². The van der Waals surface area contributed by atoms with Crippen LogP contribution in [0, 0.1) is 11.8 Å². The second kappa shape index (κ2) is 1.35. The molecule has 1 saturated carbocycles. The summed E-state index contributed by atoms with van der Waals surface area (Å²) in [4.78, 5) is 0. The summed E-state index contributed by atoms with van der Waals surface area (Å²) in [5.74, 6) is 1.14. The van der Waals surface area contributed by atoms with E-state index in [-0.39, 0.29) is 6.10 Å². The van der Waals surface area contributed by atoms with Gasteiger partial charge in [-0.1, -0.05) is 12.2 Å². The van der Waals surface area contributed by atoms with Gasteiger partial charge in [0.25, 0.3) is 0 Å². The molecule has 1 nitrogen and oxygen atoms in total. The molecule has 1 heteroatoms. The van der Waals surface area contributed by atoms with Gasteiger partial charge in [-0.05, 0) is 18.8 Å². The highest BCUT2D eigenvalue weighted by Crippen LogP contribution is 2.41. The summed E-state index contributed by atoms with van der Waals surface area (Å²) >= 11 is 0. The molecule has 0 aromatic rings. The second-order valence-corrected chi connectivity index (χ2v) is 2.81. The monoisotopic (exact) mass is 110 g/mol. The molecule has 0 saturated heterocycles. The predicted molar refractivity (Wildman–Crippen MR) is 31.4 cm³/mol. The Bertz CT molecular complexity index is 128. The normalized spacial score (nSPS) is 50.9. The molecule has 0 unspecified atom stereocenters. The zero-order chi connectivity index (χ0) is 5.56. The first kappa shape index (κ1) is 4.57. The van der Waals surface area contributed by atoms with Crippen LogP contribution < -0.4 is 0 Å². The van der Waals surface area contributed by atoms with E-state index in [2.05, 4.69) is 12.2 Å². The SMILES string of the molecule is O[C@H]1[C@@H]2CC=C[C@H]1C2. The first-order chi connectivity index (χ1) is 3.88.